The van der Waals surface area contributed by atoms with Gasteiger partial charge in [-0.3, -0.25) is 0 Å². The standard InChI is InChI=1S/C43H46Cl4O5/c1-25(2)38(39(48)42(49)52-37-20-26(3)12-17-32(37)43(5,6)30-10-8-7-9-11-30)31-16-13-27(4)40(50-23-28-14-18-33(44)35(46)21-28)41(31)51-24-29-15-19-34(45)36(47)22-29/h7-11,13-16,18-19,21-22,26,32,37-39,48H,1,12,17,20,23-24H2,2-6H3/t26?,32?,37?,38-,39+/m1/s1. The number of carbonyl (C=O) groups excluding carboxylic acids is 1. The average molecular weight is 785 g/mol. The van der Waals surface area contributed by atoms with Crippen LogP contribution in [-0.4, -0.2) is 23.3 Å². The van der Waals surface area contributed by atoms with Crippen molar-refractivity contribution in [1.29, 1.82) is 0 Å². The van der Waals surface area contributed by atoms with E-state index < -0.39 is 18.0 Å². The molecule has 276 valence electrons. The average Bonchev–Trinajstić information content (AvgIpc) is 3.10. The van der Waals surface area contributed by atoms with Crippen LogP contribution in [-0.2, 0) is 28.2 Å². The summed E-state index contributed by atoms with van der Waals surface area (Å²) in [6.45, 7) is 14.8. The summed E-state index contributed by atoms with van der Waals surface area (Å²) in [5.41, 5.74) is 4.37. The van der Waals surface area contributed by atoms with Crippen LogP contribution in [0.3, 0.4) is 0 Å². The van der Waals surface area contributed by atoms with Crippen LogP contribution >= 0.6 is 46.4 Å². The molecule has 0 saturated heterocycles. The first-order valence-corrected chi connectivity index (χ1v) is 19.0. The molecular formula is C43H46Cl4O5. The Morgan fingerprint density at radius 3 is 1.98 bits per heavy atom. The Bertz CT molecular complexity index is 1890. The van der Waals surface area contributed by atoms with Gasteiger partial charge in [-0.25, -0.2) is 4.79 Å². The van der Waals surface area contributed by atoms with Crippen LogP contribution in [0, 0.1) is 18.8 Å². The highest BCUT2D eigenvalue weighted by molar-refractivity contribution is 6.42. The second-order valence-electron chi connectivity index (χ2n) is 14.6. The number of halogens is 4. The molecule has 1 fully saturated rings. The van der Waals surface area contributed by atoms with Crippen molar-refractivity contribution < 1.29 is 24.1 Å². The van der Waals surface area contributed by atoms with Crippen LogP contribution < -0.4 is 9.47 Å². The van der Waals surface area contributed by atoms with Gasteiger partial charge in [0.2, 0.25) is 0 Å². The summed E-state index contributed by atoms with van der Waals surface area (Å²) in [6, 6.07) is 24.6. The SMILES string of the molecule is C=C(C)[C@H](c1ccc(C)c(OCc2ccc(Cl)c(Cl)c2)c1OCc1ccc(Cl)c(Cl)c1)[C@H](O)C(=O)OC1CC(C)CCC1C(C)(C)c1ccccc1. The quantitative estimate of drug-likeness (QED) is 0.108. The molecule has 5 rings (SSSR count). The third-order valence-electron chi connectivity index (χ3n) is 10.3. The van der Waals surface area contributed by atoms with E-state index in [4.69, 9.17) is 60.6 Å². The van der Waals surface area contributed by atoms with E-state index in [1.54, 1.807) is 31.2 Å². The maximum Gasteiger partial charge on any atom is 0.336 e. The highest BCUT2D eigenvalue weighted by Crippen LogP contribution is 2.46. The van der Waals surface area contributed by atoms with Crippen molar-refractivity contribution in [3.63, 3.8) is 0 Å². The van der Waals surface area contributed by atoms with Gasteiger partial charge in [-0.1, -0.05) is 140 Å². The Morgan fingerprint density at radius 1 is 0.846 bits per heavy atom. The summed E-state index contributed by atoms with van der Waals surface area (Å²) < 4.78 is 19.3. The number of benzene rings is 4. The van der Waals surface area contributed by atoms with Gasteiger partial charge < -0.3 is 19.3 Å². The Balaban J connectivity index is 1.48. The molecule has 5 nitrogen and oxygen atoms in total. The Kier molecular flexibility index (Phi) is 13.3. The topological polar surface area (TPSA) is 65.0 Å². The second-order valence-corrected chi connectivity index (χ2v) is 16.2. The normalized spacial score (nSPS) is 18.7. The minimum absolute atomic E-state index is 0.0661. The first-order valence-electron chi connectivity index (χ1n) is 17.5. The van der Waals surface area contributed by atoms with Crippen LogP contribution in [0.25, 0.3) is 0 Å². The zero-order chi connectivity index (χ0) is 37.7. The molecule has 1 aliphatic rings. The number of rotatable bonds is 13. The fourth-order valence-corrected chi connectivity index (χ4v) is 7.89. The van der Waals surface area contributed by atoms with Crippen LogP contribution in [0.2, 0.25) is 20.1 Å². The predicted octanol–water partition coefficient (Wildman–Crippen LogP) is 12.1. The number of aliphatic hydroxyl groups excluding tert-OH is 1. The van der Waals surface area contributed by atoms with Crippen LogP contribution in [0.15, 0.2) is 91.0 Å². The van der Waals surface area contributed by atoms with Gasteiger partial charge in [0.1, 0.15) is 19.3 Å². The van der Waals surface area contributed by atoms with Gasteiger partial charge in [0.05, 0.1) is 20.1 Å². The lowest BCUT2D eigenvalue weighted by Crippen LogP contribution is -2.45. The maximum absolute atomic E-state index is 14.1. The highest BCUT2D eigenvalue weighted by atomic mass is 35.5. The molecule has 1 aliphatic carbocycles. The van der Waals surface area contributed by atoms with Crippen molar-refractivity contribution in [2.24, 2.45) is 11.8 Å². The molecule has 0 spiro atoms. The molecule has 52 heavy (non-hydrogen) atoms. The summed E-state index contributed by atoms with van der Waals surface area (Å²) in [7, 11) is 0. The van der Waals surface area contributed by atoms with Crippen molar-refractivity contribution in [3.8, 4) is 11.5 Å². The van der Waals surface area contributed by atoms with E-state index >= 15 is 0 Å². The largest absolute Gasteiger partial charge is 0.485 e. The first kappa shape index (κ1) is 40.0. The summed E-state index contributed by atoms with van der Waals surface area (Å²) in [5, 5.41) is 13.6. The van der Waals surface area contributed by atoms with Crippen molar-refractivity contribution in [1.82, 2.24) is 0 Å². The smallest absolute Gasteiger partial charge is 0.336 e. The van der Waals surface area contributed by atoms with Crippen molar-refractivity contribution in [3.05, 3.63) is 139 Å². The minimum Gasteiger partial charge on any atom is -0.485 e. The number of esters is 1. The number of aryl methyl sites for hydroxylation is 1. The molecule has 0 heterocycles. The van der Waals surface area contributed by atoms with E-state index in [0.29, 0.717) is 55.1 Å². The molecule has 4 aromatic rings. The molecule has 1 N–H and O–H groups in total. The molecular weight excluding hydrogens is 738 g/mol. The van der Waals surface area contributed by atoms with Crippen molar-refractivity contribution in [2.75, 3.05) is 0 Å². The van der Waals surface area contributed by atoms with E-state index in [2.05, 4.69) is 39.5 Å². The summed E-state index contributed by atoms with van der Waals surface area (Å²) in [5.74, 6) is -0.317. The lowest BCUT2D eigenvalue weighted by atomic mass is 9.64. The van der Waals surface area contributed by atoms with Crippen molar-refractivity contribution in [2.45, 2.75) is 90.6 Å². The van der Waals surface area contributed by atoms with Gasteiger partial charge in [0, 0.05) is 17.4 Å². The van der Waals surface area contributed by atoms with E-state index in [0.717, 1.165) is 29.5 Å². The van der Waals surface area contributed by atoms with E-state index in [1.807, 2.05) is 49.4 Å². The van der Waals surface area contributed by atoms with Crippen LogP contribution in [0.5, 0.6) is 11.5 Å². The fourth-order valence-electron chi connectivity index (χ4n) is 7.25. The van der Waals surface area contributed by atoms with E-state index in [-0.39, 0.29) is 30.7 Å². The van der Waals surface area contributed by atoms with Gasteiger partial charge in [-0.05, 0) is 84.5 Å². The third kappa shape index (κ3) is 9.29. The minimum atomic E-state index is -1.56. The van der Waals surface area contributed by atoms with Crippen LogP contribution in [0.1, 0.15) is 80.7 Å². The number of hydrogen-bond donors (Lipinski definition) is 1. The van der Waals surface area contributed by atoms with E-state index in [9.17, 15) is 9.90 Å². The molecule has 9 heteroatoms. The molecule has 0 amide bonds. The predicted molar refractivity (Wildman–Crippen MR) is 212 cm³/mol. The van der Waals surface area contributed by atoms with Gasteiger partial charge >= 0.3 is 5.97 Å². The monoisotopic (exact) mass is 782 g/mol. The van der Waals surface area contributed by atoms with Gasteiger partial charge in [-0.15, -0.1) is 0 Å². The summed E-state index contributed by atoms with van der Waals surface area (Å²) in [4.78, 5) is 14.1. The van der Waals surface area contributed by atoms with Crippen molar-refractivity contribution >= 4 is 52.4 Å². The number of carbonyl (C=O) groups is 1. The number of ether oxygens (including phenoxy) is 3. The zero-order valence-electron chi connectivity index (χ0n) is 30.2. The Hall–Kier alpha value is -3.19. The van der Waals surface area contributed by atoms with Crippen LogP contribution in [0.4, 0.5) is 0 Å². The molecule has 5 atom stereocenters. The fraction of sp³-hybridized carbons (Fsp3) is 0.372. The Morgan fingerprint density at radius 2 is 1.42 bits per heavy atom. The lowest BCUT2D eigenvalue weighted by molar-refractivity contribution is -0.167. The molecule has 4 aromatic carbocycles. The second kappa shape index (κ2) is 17.3. The lowest BCUT2D eigenvalue weighted by Gasteiger charge is -2.44. The Labute approximate surface area is 327 Å². The highest BCUT2D eigenvalue weighted by Gasteiger charge is 2.43. The molecule has 1 saturated carbocycles. The number of hydrogen-bond acceptors (Lipinski definition) is 5. The number of aliphatic hydroxyl groups is 1. The van der Waals surface area contributed by atoms with Gasteiger partial charge in [0.15, 0.2) is 17.6 Å². The van der Waals surface area contributed by atoms with Gasteiger partial charge in [0.25, 0.3) is 0 Å². The molecule has 0 bridgehead atoms. The molecule has 3 unspecified atom stereocenters. The zero-order valence-corrected chi connectivity index (χ0v) is 33.3. The van der Waals surface area contributed by atoms with E-state index in [1.165, 1.54) is 5.56 Å². The first-order chi connectivity index (χ1) is 24.7. The maximum atomic E-state index is 14.1. The molecule has 0 aromatic heterocycles. The van der Waals surface area contributed by atoms with Gasteiger partial charge in [-0.2, -0.15) is 0 Å². The molecule has 0 aliphatic heterocycles. The summed E-state index contributed by atoms with van der Waals surface area (Å²) in [6.07, 6.45) is 0.728. The molecule has 0 radical (unpaired) electrons. The third-order valence-corrected chi connectivity index (χ3v) is 11.7. The summed E-state index contributed by atoms with van der Waals surface area (Å²) >= 11 is 25.0.